The van der Waals surface area contributed by atoms with Gasteiger partial charge in [0.15, 0.2) is 0 Å². The van der Waals surface area contributed by atoms with Crippen molar-refractivity contribution in [3.05, 3.63) is 65.5 Å². The standard InChI is InChI=1S/C23H28N2/c1-18-9-5-6-12-20(18)17-23-24-21-13-7-8-14-22(21)25(23)16-15-19-10-3-2-4-11-19/h5-9,12-14,19H,2-4,10-11,15-17H2,1H3. The van der Waals surface area contributed by atoms with Crippen molar-refractivity contribution in [3.63, 3.8) is 0 Å². The van der Waals surface area contributed by atoms with Crippen molar-refractivity contribution in [1.29, 1.82) is 0 Å². The molecule has 2 heteroatoms. The van der Waals surface area contributed by atoms with Crippen molar-refractivity contribution in [2.75, 3.05) is 0 Å². The largest absolute Gasteiger partial charge is 0.328 e. The molecule has 0 amide bonds. The molecule has 1 aliphatic rings. The van der Waals surface area contributed by atoms with Crippen LogP contribution in [-0.2, 0) is 13.0 Å². The van der Waals surface area contributed by atoms with E-state index < -0.39 is 0 Å². The highest BCUT2D eigenvalue weighted by Gasteiger charge is 2.16. The molecule has 1 fully saturated rings. The van der Waals surface area contributed by atoms with Crippen molar-refractivity contribution in [1.82, 2.24) is 9.55 Å². The van der Waals surface area contributed by atoms with Crippen LogP contribution < -0.4 is 0 Å². The van der Waals surface area contributed by atoms with Crippen LogP contribution in [0.15, 0.2) is 48.5 Å². The lowest BCUT2D eigenvalue weighted by atomic mass is 9.87. The fraction of sp³-hybridized carbons (Fsp3) is 0.435. The predicted octanol–water partition coefficient (Wildman–Crippen LogP) is 5.91. The topological polar surface area (TPSA) is 17.8 Å². The smallest absolute Gasteiger partial charge is 0.114 e. The third-order valence-electron chi connectivity index (χ3n) is 5.83. The quantitative estimate of drug-likeness (QED) is 0.568. The molecule has 0 aliphatic heterocycles. The summed E-state index contributed by atoms with van der Waals surface area (Å²) in [6.45, 7) is 3.30. The zero-order valence-corrected chi connectivity index (χ0v) is 15.2. The molecule has 1 saturated carbocycles. The second-order valence-electron chi connectivity index (χ2n) is 7.56. The van der Waals surface area contributed by atoms with Gasteiger partial charge in [-0.2, -0.15) is 0 Å². The van der Waals surface area contributed by atoms with E-state index in [1.807, 2.05) is 0 Å². The first kappa shape index (κ1) is 16.4. The van der Waals surface area contributed by atoms with E-state index in [0.29, 0.717) is 0 Å². The Kier molecular flexibility index (Phi) is 4.87. The fourth-order valence-electron chi connectivity index (χ4n) is 4.28. The van der Waals surface area contributed by atoms with Gasteiger partial charge in [-0.3, -0.25) is 0 Å². The average molecular weight is 332 g/mol. The highest BCUT2D eigenvalue weighted by atomic mass is 15.1. The summed E-state index contributed by atoms with van der Waals surface area (Å²) >= 11 is 0. The van der Waals surface area contributed by atoms with Crippen LogP contribution in [0.3, 0.4) is 0 Å². The van der Waals surface area contributed by atoms with Crippen molar-refractivity contribution in [3.8, 4) is 0 Å². The number of imidazole rings is 1. The monoisotopic (exact) mass is 332 g/mol. The third kappa shape index (κ3) is 3.63. The highest BCUT2D eigenvalue weighted by molar-refractivity contribution is 5.76. The molecule has 4 rings (SSSR count). The molecule has 0 spiro atoms. The van der Waals surface area contributed by atoms with Crippen LogP contribution in [0, 0.1) is 12.8 Å². The summed E-state index contributed by atoms with van der Waals surface area (Å²) < 4.78 is 2.48. The van der Waals surface area contributed by atoms with Gasteiger partial charge in [-0.15, -0.1) is 0 Å². The summed E-state index contributed by atoms with van der Waals surface area (Å²) in [5, 5.41) is 0. The molecule has 3 aromatic rings. The van der Waals surface area contributed by atoms with Gasteiger partial charge >= 0.3 is 0 Å². The highest BCUT2D eigenvalue weighted by Crippen LogP contribution is 2.28. The van der Waals surface area contributed by atoms with E-state index in [9.17, 15) is 0 Å². The number of hydrogen-bond acceptors (Lipinski definition) is 1. The van der Waals surface area contributed by atoms with Gasteiger partial charge in [0.05, 0.1) is 11.0 Å². The molecule has 25 heavy (non-hydrogen) atoms. The van der Waals surface area contributed by atoms with Crippen molar-refractivity contribution < 1.29 is 0 Å². The summed E-state index contributed by atoms with van der Waals surface area (Å²) in [6, 6.07) is 17.3. The van der Waals surface area contributed by atoms with Gasteiger partial charge in [0, 0.05) is 13.0 Å². The van der Waals surface area contributed by atoms with E-state index in [4.69, 9.17) is 4.98 Å². The van der Waals surface area contributed by atoms with E-state index in [-0.39, 0.29) is 0 Å². The first-order valence-electron chi connectivity index (χ1n) is 9.80. The SMILES string of the molecule is Cc1ccccc1Cc1nc2ccccc2n1CCC1CCCCC1. The average Bonchev–Trinajstić information content (AvgIpc) is 3.00. The minimum atomic E-state index is 0.904. The fourth-order valence-corrected chi connectivity index (χ4v) is 4.28. The zero-order valence-electron chi connectivity index (χ0n) is 15.2. The molecular weight excluding hydrogens is 304 g/mol. The van der Waals surface area contributed by atoms with E-state index in [2.05, 4.69) is 60.0 Å². The molecule has 0 N–H and O–H groups in total. The summed E-state index contributed by atoms with van der Waals surface area (Å²) in [7, 11) is 0. The van der Waals surface area contributed by atoms with Crippen molar-refractivity contribution in [2.45, 2.75) is 58.4 Å². The minimum Gasteiger partial charge on any atom is -0.328 e. The van der Waals surface area contributed by atoms with Gasteiger partial charge in [-0.25, -0.2) is 4.98 Å². The first-order chi connectivity index (χ1) is 12.3. The number of aryl methyl sites for hydroxylation is 2. The Morgan fingerprint density at radius 3 is 2.56 bits per heavy atom. The molecule has 2 aromatic carbocycles. The van der Waals surface area contributed by atoms with Crippen LogP contribution in [-0.4, -0.2) is 9.55 Å². The van der Waals surface area contributed by atoms with Crippen LogP contribution in [0.5, 0.6) is 0 Å². The second-order valence-corrected chi connectivity index (χ2v) is 7.56. The lowest BCUT2D eigenvalue weighted by Crippen LogP contribution is -2.12. The summed E-state index contributed by atoms with van der Waals surface area (Å²) in [5.41, 5.74) is 5.17. The van der Waals surface area contributed by atoms with Gasteiger partial charge in [0.25, 0.3) is 0 Å². The maximum atomic E-state index is 4.98. The number of rotatable bonds is 5. The van der Waals surface area contributed by atoms with Crippen LogP contribution in [0.1, 0.15) is 55.5 Å². The van der Waals surface area contributed by atoms with Crippen molar-refractivity contribution >= 4 is 11.0 Å². The molecule has 1 heterocycles. The van der Waals surface area contributed by atoms with Crippen LogP contribution in [0.25, 0.3) is 11.0 Å². The minimum absolute atomic E-state index is 0.904. The number of aromatic nitrogens is 2. The molecular formula is C23H28N2. The van der Waals surface area contributed by atoms with E-state index in [1.54, 1.807) is 0 Å². The van der Waals surface area contributed by atoms with Gasteiger partial charge in [-0.1, -0.05) is 68.5 Å². The molecule has 0 unspecified atom stereocenters. The Bertz CT molecular complexity index is 840. The van der Waals surface area contributed by atoms with E-state index >= 15 is 0 Å². The Morgan fingerprint density at radius 1 is 0.960 bits per heavy atom. The predicted molar refractivity (Wildman–Crippen MR) is 105 cm³/mol. The molecule has 1 aliphatic carbocycles. The van der Waals surface area contributed by atoms with Gasteiger partial charge in [-0.05, 0) is 42.5 Å². The van der Waals surface area contributed by atoms with Crippen LogP contribution >= 0.6 is 0 Å². The Morgan fingerprint density at radius 2 is 1.72 bits per heavy atom. The zero-order chi connectivity index (χ0) is 17.1. The molecule has 2 nitrogen and oxygen atoms in total. The van der Waals surface area contributed by atoms with Gasteiger partial charge in [0.2, 0.25) is 0 Å². The Hall–Kier alpha value is -2.09. The number of fused-ring (bicyclic) bond motifs is 1. The third-order valence-corrected chi connectivity index (χ3v) is 5.83. The normalized spacial score (nSPS) is 15.7. The number of nitrogens with zero attached hydrogens (tertiary/aromatic N) is 2. The molecule has 1 aromatic heterocycles. The molecule has 0 saturated heterocycles. The number of benzene rings is 2. The van der Waals surface area contributed by atoms with E-state index in [1.165, 1.54) is 61.0 Å². The van der Waals surface area contributed by atoms with Crippen LogP contribution in [0.4, 0.5) is 0 Å². The number of para-hydroxylation sites is 2. The lowest BCUT2D eigenvalue weighted by Gasteiger charge is -2.22. The molecule has 0 bridgehead atoms. The molecule has 0 radical (unpaired) electrons. The first-order valence-corrected chi connectivity index (χ1v) is 9.80. The van der Waals surface area contributed by atoms with Crippen molar-refractivity contribution in [2.24, 2.45) is 5.92 Å². The Balaban J connectivity index is 1.62. The molecule has 130 valence electrons. The maximum Gasteiger partial charge on any atom is 0.114 e. The maximum absolute atomic E-state index is 4.98. The second kappa shape index (κ2) is 7.43. The van der Waals surface area contributed by atoms with Crippen LogP contribution in [0.2, 0.25) is 0 Å². The number of hydrogen-bond donors (Lipinski definition) is 0. The van der Waals surface area contributed by atoms with Gasteiger partial charge < -0.3 is 4.57 Å². The van der Waals surface area contributed by atoms with E-state index in [0.717, 1.165) is 24.4 Å². The Labute approximate surface area is 150 Å². The molecule has 0 atom stereocenters. The summed E-state index contributed by atoms with van der Waals surface area (Å²) in [6.07, 6.45) is 9.33. The van der Waals surface area contributed by atoms with Gasteiger partial charge in [0.1, 0.15) is 5.82 Å². The lowest BCUT2D eigenvalue weighted by molar-refractivity contribution is 0.324. The summed E-state index contributed by atoms with van der Waals surface area (Å²) in [4.78, 5) is 4.98. The summed E-state index contributed by atoms with van der Waals surface area (Å²) in [5.74, 6) is 2.12.